The van der Waals surface area contributed by atoms with Gasteiger partial charge in [-0.15, -0.1) is 12.4 Å². The number of amides is 1. The molecule has 0 bridgehead atoms. The Hall–Kier alpha value is -1.34. The van der Waals surface area contributed by atoms with E-state index in [1.807, 2.05) is 0 Å². The van der Waals surface area contributed by atoms with Gasteiger partial charge in [0.15, 0.2) is 0 Å². The van der Waals surface area contributed by atoms with E-state index in [-0.39, 0.29) is 24.0 Å². The molecule has 1 unspecified atom stereocenters. The minimum atomic E-state index is -4.81. The van der Waals surface area contributed by atoms with Crippen molar-refractivity contribution in [1.29, 1.82) is 0 Å². The Balaban J connectivity index is 0.00000361. The van der Waals surface area contributed by atoms with Crippen LogP contribution in [0.1, 0.15) is 19.4 Å². The van der Waals surface area contributed by atoms with Gasteiger partial charge in [0.25, 0.3) is 0 Å². The summed E-state index contributed by atoms with van der Waals surface area (Å²) in [7, 11) is 0. The highest BCUT2D eigenvalue weighted by molar-refractivity contribution is 5.94. The van der Waals surface area contributed by atoms with Crippen molar-refractivity contribution in [2.75, 3.05) is 5.32 Å². The van der Waals surface area contributed by atoms with Crippen molar-refractivity contribution in [3.63, 3.8) is 0 Å². The average Bonchev–Trinajstić information content (AvgIpc) is 2.28. The SMILES string of the molecule is CC(C)C(N)C(=O)Nc1ccc(F)c(C(F)(F)F)c1.Cl. The van der Waals surface area contributed by atoms with E-state index in [0.29, 0.717) is 12.1 Å². The number of alkyl halides is 3. The van der Waals surface area contributed by atoms with Crippen molar-refractivity contribution in [1.82, 2.24) is 0 Å². The molecular formula is C12H15ClF4N2O. The zero-order valence-electron chi connectivity index (χ0n) is 10.8. The molecule has 8 heteroatoms. The lowest BCUT2D eigenvalue weighted by Crippen LogP contribution is -2.39. The summed E-state index contributed by atoms with van der Waals surface area (Å²) in [4.78, 5) is 11.6. The third-order valence-corrected chi connectivity index (χ3v) is 2.56. The van der Waals surface area contributed by atoms with Crippen LogP contribution in [0.5, 0.6) is 0 Å². The Bertz CT molecular complexity index is 477. The molecule has 1 atom stereocenters. The summed E-state index contributed by atoms with van der Waals surface area (Å²) in [5.41, 5.74) is 3.98. The summed E-state index contributed by atoms with van der Waals surface area (Å²) < 4.78 is 50.5. The molecule has 0 spiro atoms. The molecule has 114 valence electrons. The maximum atomic E-state index is 13.0. The monoisotopic (exact) mass is 314 g/mol. The van der Waals surface area contributed by atoms with Crippen LogP contribution in [0.25, 0.3) is 0 Å². The van der Waals surface area contributed by atoms with Crippen LogP contribution in [-0.2, 0) is 11.0 Å². The van der Waals surface area contributed by atoms with Crippen LogP contribution in [-0.4, -0.2) is 11.9 Å². The van der Waals surface area contributed by atoms with Crippen LogP contribution in [0.2, 0.25) is 0 Å². The third-order valence-electron chi connectivity index (χ3n) is 2.56. The Morgan fingerprint density at radius 2 is 1.85 bits per heavy atom. The molecule has 3 N–H and O–H groups in total. The van der Waals surface area contributed by atoms with Crippen LogP contribution in [0.15, 0.2) is 18.2 Å². The predicted octanol–water partition coefficient (Wildman–Crippen LogP) is 3.19. The molecule has 0 saturated heterocycles. The second-order valence-electron chi connectivity index (χ2n) is 4.45. The Morgan fingerprint density at radius 3 is 2.30 bits per heavy atom. The first-order chi connectivity index (χ1) is 8.62. The smallest absolute Gasteiger partial charge is 0.325 e. The molecule has 0 aliphatic rings. The molecule has 0 aliphatic heterocycles. The van der Waals surface area contributed by atoms with Gasteiger partial charge < -0.3 is 11.1 Å². The zero-order chi connectivity index (χ0) is 14.8. The summed E-state index contributed by atoms with van der Waals surface area (Å²) >= 11 is 0. The molecule has 0 heterocycles. The number of nitrogens with one attached hydrogen (secondary N) is 1. The van der Waals surface area contributed by atoms with Crippen LogP contribution in [0.4, 0.5) is 23.2 Å². The molecule has 0 saturated carbocycles. The second-order valence-corrected chi connectivity index (χ2v) is 4.45. The molecular weight excluding hydrogens is 300 g/mol. The number of rotatable bonds is 3. The maximum absolute atomic E-state index is 13.0. The summed E-state index contributed by atoms with van der Waals surface area (Å²) in [6.45, 7) is 3.41. The van der Waals surface area contributed by atoms with Crippen molar-refractivity contribution in [2.45, 2.75) is 26.1 Å². The number of hydrogen-bond acceptors (Lipinski definition) is 2. The highest BCUT2D eigenvalue weighted by atomic mass is 35.5. The Morgan fingerprint density at radius 1 is 1.30 bits per heavy atom. The normalized spacial score (nSPS) is 12.8. The van der Waals surface area contributed by atoms with Gasteiger partial charge in [-0.05, 0) is 24.1 Å². The van der Waals surface area contributed by atoms with E-state index >= 15 is 0 Å². The van der Waals surface area contributed by atoms with Crippen LogP contribution in [0.3, 0.4) is 0 Å². The van der Waals surface area contributed by atoms with Gasteiger partial charge in [-0.3, -0.25) is 4.79 Å². The van der Waals surface area contributed by atoms with E-state index in [1.165, 1.54) is 0 Å². The third kappa shape index (κ3) is 4.64. The molecule has 1 aromatic carbocycles. The van der Waals surface area contributed by atoms with Crippen LogP contribution in [0, 0.1) is 11.7 Å². The lowest BCUT2D eigenvalue weighted by molar-refractivity contribution is -0.140. The first-order valence-electron chi connectivity index (χ1n) is 5.56. The zero-order valence-corrected chi connectivity index (χ0v) is 11.6. The van der Waals surface area contributed by atoms with Crippen molar-refractivity contribution in [2.24, 2.45) is 11.7 Å². The molecule has 1 amide bonds. The van der Waals surface area contributed by atoms with Gasteiger partial charge in [0, 0.05) is 5.69 Å². The standard InChI is InChI=1S/C12H14F4N2O.ClH/c1-6(2)10(17)11(19)18-7-3-4-9(13)8(5-7)12(14,15)16;/h3-6,10H,17H2,1-2H3,(H,18,19);1H. The number of hydrogen-bond donors (Lipinski definition) is 2. The molecule has 20 heavy (non-hydrogen) atoms. The molecule has 0 fully saturated rings. The second kappa shape index (κ2) is 6.90. The van der Waals surface area contributed by atoms with Gasteiger partial charge in [0.1, 0.15) is 5.82 Å². The van der Waals surface area contributed by atoms with Crippen LogP contribution < -0.4 is 11.1 Å². The number of carbonyl (C=O) groups is 1. The fourth-order valence-corrected chi connectivity index (χ4v) is 1.35. The largest absolute Gasteiger partial charge is 0.419 e. The number of carbonyl (C=O) groups excluding carboxylic acids is 1. The summed E-state index contributed by atoms with van der Waals surface area (Å²) in [6, 6.07) is 1.40. The van der Waals surface area contributed by atoms with E-state index in [2.05, 4.69) is 5.32 Å². The first kappa shape index (κ1) is 18.7. The van der Waals surface area contributed by atoms with Gasteiger partial charge in [0.05, 0.1) is 11.6 Å². The minimum Gasteiger partial charge on any atom is -0.325 e. The number of benzene rings is 1. The Labute approximate surface area is 119 Å². The van der Waals surface area contributed by atoms with Crippen LogP contribution >= 0.6 is 12.4 Å². The van der Waals surface area contributed by atoms with Crippen molar-refractivity contribution < 1.29 is 22.4 Å². The van der Waals surface area contributed by atoms with Gasteiger partial charge in [-0.25, -0.2) is 4.39 Å². The summed E-state index contributed by atoms with van der Waals surface area (Å²) in [5.74, 6) is -2.17. The molecule has 0 aromatic heterocycles. The Kier molecular flexibility index (Phi) is 6.43. The fraction of sp³-hybridized carbons (Fsp3) is 0.417. The highest BCUT2D eigenvalue weighted by Crippen LogP contribution is 2.33. The molecule has 0 aliphatic carbocycles. The van der Waals surface area contributed by atoms with E-state index in [1.54, 1.807) is 13.8 Å². The molecule has 0 radical (unpaired) electrons. The van der Waals surface area contributed by atoms with Crippen molar-refractivity contribution >= 4 is 24.0 Å². The van der Waals surface area contributed by atoms with Gasteiger partial charge >= 0.3 is 6.18 Å². The van der Waals surface area contributed by atoms with Gasteiger partial charge in [-0.1, -0.05) is 13.8 Å². The van der Waals surface area contributed by atoms with E-state index in [9.17, 15) is 22.4 Å². The van der Waals surface area contributed by atoms with Gasteiger partial charge in [0.2, 0.25) is 5.91 Å². The molecule has 1 aromatic rings. The fourth-order valence-electron chi connectivity index (χ4n) is 1.35. The highest BCUT2D eigenvalue weighted by Gasteiger charge is 2.34. The quantitative estimate of drug-likeness (QED) is 0.842. The number of nitrogens with two attached hydrogens (primary N) is 1. The molecule has 3 nitrogen and oxygen atoms in total. The lowest BCUT2D eigenvalue weighted by atomic mass is 10.0. The number of anilines is 1. The lowest BCUT2D eigenvalue weighted by Gasteiger charge is -2.16. The van der Waals surface area contributed by atoms with E-state index < -0.39 is 29.5 Å². The summed E-state index contributed by atoms with van der Waals surface area (Å²) in [5, 5.41) is 2.23. The van der Waals surface area contributed by atoms with E-state index in [0.717, 1.165) is 6.07 Å². The first-order valence-corrected chi connectivity index (χ1v) is 5.56. The predicted molar refractivity (Wildman–Crippen MR) is 70.1 cm³/mol. The topological polar surface area (TPSA) is 55.1 Å². The van der Waals surface area contributed by atoms with Crippen molar-refractivity contribution in [3.05, 3.63) is 29.6 Å². The molecule has 1 rings (SSSR count). The number of halogens is 5. The van der Waals surface area contributed by atoms with Crippen molar-refractivity contribution in [3.8, 4) is 0 Å². The summed E-state index contributed by atoms with van der Waals surface area (Å²) in [6.07, 6.45) is -4.81. The average molecular weight is 315 g/mol. The maximum Gasteiger partial charge on any atom is 0.419 e. The van der Waals surface area contributed by atoms with Gasteiger partial charge in [-0.2, -0.15) is 13.2 Å². The van der Waals surface area contributed by atoms with E-state index in [4.69, 9.17) is 5.73 Å². The minimum absolute atomic E-state index is 0.